The van der Waals surface area contributed by atoms with Gasteiger partial charge in [0.2, 0.25) is 0 Å². The van der Waals surface area contributed by atoms with Gasteiger partial charge >= 0.3 is 0 Å². The highest BCUT2D eigenvalue weighted by atomic mass is 19.1. The first-order valence-electron chi connectivity index (χ1n) is 7.26. The Balaban J connectivity index is 1.71. The molecule has 1 saturated heterocycles. The van der Waals surface area contributed by atoms with E-state index in [4.69, 9.17) is 0 Å². The van der Waals surface area contributed by atoms with E-state index in [1.54, 1.807) is 41.0 Å². The summed E-state index contributed by atoms with van der Waals surface area (Å²) in [5, 5.41) is 10.4. The Morgan fingerprint density at radius 3 is 2.68 bits per heavy atom. The minimum Gasteiger partial charge on any atom is -0.391 e. The molecule has 22 heavy (non-hydrogen) atoms. The molecule has 2 atom stereocenters. The zero-order valence-electron chi connectivity index (χ0n) is 12.3. The number of amides is 1. The molecule has 5 nitrogen and oxygen atoms in total. The number of hydrogen-bond donors (Lipinski definition) is 1. The lowest BCUT2D eigenvalue weighted by molar-refractivity contribution is 0.0370. The highest BCUT2D eigenvalue weighted by molar-refractivity contribution is 5.90. The first kappa shape index (κ1) is 14.7. The van der Waals surface area contributed by atoms with Gasteiger partial charge in [0.15, 0.2) is 5.82 Å². The van der Waals surface area contributed by atoms with E-state index in [1.165, 1.54) is 12.1 Å². The van der Waals surface area contributed by atoms with Gasteiger partial charge in [0.1, 0.15) is 5.82 Å². The van der Waals surface area contributed by atoms with Crippen molar-refractivity contribution in [3.63, 3.8) is 0 Å². The SMILES string of the molecule is Cn1ccnc1C(=O)N1CC[C@H](c2ccc(F)cc2)[C@@H](O)C1. The van der Waals surface area contributed by atoms with Gasteiger partial charge in [0.05, 0.1) is 6.10 Å². The molecule has 1 amide bonds. The van der Waals surface area contributed by atoms with Crippen LogP contribution in [0, 0.1) is 5.82 Å². The minimum absolute atomic E-state index is 0.0778. The van der Waals surface area contributed by atoms with Gasteiger partial charge in [-0.15, -0.1) is 0 Å². The Morgan fingerprint density at radius 1 is 1.36 bits per heavy atom. The van der Waals surface area contributed by atoms with Crippen molar-refractivity contribution in [1.29, 1.82) is 0 Å². The summed E-state index contributed by atoms with van der Waals surface area (Å²) in [4.78, 5) is 18.1. The van der Waals surface area contributed by atoms with Gasteiger partial charge in [-0.1, -0.05) is 12.1 Å². The number of β-amino-alcohol motifs (C(OH)–C–C–N with tert-alkyl or cyclic N) is 1. The molecule has 1 aromatic heterocycles. The van der Waals surface area contributed by atoms with Crippen molar-refractivity contribution in [3.8, 4) is 0 Å². The molecule has 2 aromatic rings. The molecule has 0 bridgehead atoms. The topological polar surface area (TPSA) is 58.4 Å². The standard InChI is InChI=1S/C16H18FN3O2/c1-19-9-7-18-15(19)16(22)20-8-6-13(14(21)10-20)11-2-4-12(17)5-3-11/h2-5,7,9,13-14,21H,6,8,10H2,1H3/t13-,14+/m1/s1. The molecule has 1 aliphatic rings. The molecule has 0 saturated carbocycles. The van der Waals surface area contributed by atoms with E-state index in [-0.39, 0.29) is 24.2 Å². The third-order valence-corrected chi connectivity index (χ3v) is 4.18. The lowest BCUT2D eigenvalue weighted by Crippen LogP contribution is -2.46. The molecule has 1 aliphatic heterocycles. The van der Waals surface area contributed by atoms with Crippen molar-refractivity contribution >= 4 is 5.91 Å². The molecule has 0 unspecified atom stereocenters. The van der Waals surface area contributed by atoms with Crippen molar-refractivity contribution in [2.45, 2.75) is 18.4 Å². The monoisotopic (exact) mass is 303 g/mol. The summed E-state index contributed by atoms with van der Waals surface area (Å²) < 4.78 is 14.7. The van der Waals surface area contributed by atoms with Gasteiger partial charge in [-0.2, -0.15) is 0 Å². The van der Waals surface area contributed by atoms with E-state index in [9.17, 15) is 14.3 Å². The smallest absolute Gasteiger partial charge is 0.289 e. The second kappa shape index (κ2) is 5.88. The number of carbonyl (C=O) groups is 1. The number of imidazole rings is 1. The minimum atomic E-state index is -0.663. The van der Waals surface area contributed by atoms with E-state index in [1.807, 2.05) is 0 Å². The molecule has 6 heteroatoms. The Hall–Kier alpha value is -2.21. The summed E-state index contributed by atoms with van der Waals surface area (Å²) in [6.45, 7) is 0.804. The number of carbonyl (C=O) groups excluding carboxylic acids is 1. The first-order chi connectivity index (χ1) is 10.6. The van der Waals surface area contributed by atoms with Crippen LogP contribution in [0.25, 0.3) is 0 Å². The Kier molecular flexibility index (Phi) is 3.94. The number of rotatable bonds is 2. The van der Waals surface area contributed by atoms with Gasteiger partial charge < -0.3 is 14.6 Å². The Morgan fingerprint density at radius 2 is 2.09 bits per heavy atom. The molecular weight excluding hydrogens is 285 g/mol. The third-order valence-electron chi connectivity index (χ3n) is 4.18. The fraction of sp³-hybridized carbons (Fsp3) is 0.375. The van der Waals surface area contributed by atoms with Crippen molar-refractivity contribution in [3.05, 3.63) is 53.9 Å². The van der Waals surface area contributed by atoms with Gasteiger partial charge in [-0.25, -0.2) is 9.37 Å². The molecule has 1 fully saturated rings. The molecule has 0 radical (unpaired) electrons. The molecule has 116 valence electrons. The van der Waals surface area contributed by atoms with Crippen LogP contribution in [0.15, 0.2) is 36.7 Å². The number of aryl methyl sites for hydroxylation is 1. The number of likely N-dealkylation sites (tertiary alicyclic amines) is 1. The summed E-state index contributed by atoms with van der Waals surface area (Å²) in [6.07, 6.45) is 3.27. The summed E-state index contributed by atoms with van der Waals surface area (Å²) in [7, 11) is 1.77. The average Bonchev–Trinajstić information content (AvgIpc) is 2.93. The van der Waals surface area contributed by atoms with Crippen LogP contribution in [-0.2, 0) is 7.05 Å². The normalized spacial score (nSPS) is 21.9. The number of hydrogen-bond acceptors (Lipinski definition) is 3. The number of halogens is 1. The van der Waals surface area contributed by atoms with Crippen LogP contribution in [0.5, 0.6) is 0 Å². The zero-order chi connectivity index (χ0) is 15.7. The zero-order valence-corrected chi connectivity index (χ0v) is 12.3. The van der Waals surface area contributed by atoms with Crippen molar-refractivity contribution in [2.24, 2.45) is 7.05 Å². The van der Waals surface area contributed by atoms with Gasteiger partial charge in [-0.05, 0) is 24.1 Å². The van der Waals surface area contributed by atoms with E-state index < -0.39 is 6.10 Å². The highest BCUT2D eigenvalue weighted by Crippen LogP contribution is 2.29. The van der Waals surface area contributed by atoms with Crippen LogP contribution in [-0.4, -0.2) is 44.7 Å². The maximum atomic E-state index is 13.0. The maximum absolute atomic E-state index is 13.0. The summed E-state index contributed by atoms with van der Waals surface area (Å²) in [5.74, 6) is -0.178. The van der Waals surface area contributed by atoms with Crippen molar-refractivity contribution in [2.75, 3.05) is 13.1 Å². The van der Waals surface area contributed by atoms with Crippen LogP contribution in [0.1, 0.15) is 28.5 Å². The number of aliphatic hydroxyl groups is 1. The third kappa shape index (κ3) is 2.74. The first-order valence-corrected chi connectivity index (χ1v) is 7.26. The lowest BCUT2D eigenvalue weighted by atomic mass is 9.87. The molecule has 0 spiro atoms. The molecule has 2 heterocycles. The number of aliphatic hydroxyl groups excluding tert-OH is 1. The molecule has 0 aliphatic carbocycles. The Bertz CT molecular complexity index is 668. The van der Waals surface area contributed by atoms with Crippen LogP contribution in [0.3, 0.4) is 0 Å². The second-order valence-electron chi connectivity index (χ2n) is 5.63. The predicted molar refractivity (Wildman–Crippen MR) is 78.9 cm³/mol. The second-order valence-corrected chi connectivity index (χ2v) is 5.63. The fourth-order valence-corrected chi connectivity index (χ4v) is 2.93. The molecule has 1 aromatic carbocycles. The van der Waals surface area contributed by atoms with Gasteiger partial charge in [0, 0.05) is 38.4 Å². The summed E-state index contributed by atoms with van der Waals surface area (Å²) in [6, 6.07) is 6.18. The quantitative estimate of drug-likeness (QED) is 0.916. The number of aromatic nitrogens is 2. The summed E-state index contributed by atoms with van der Waals surface area (Å²) in [5.41, 5.74) is 0.901. The highest BCUT2D eigenvalue weighted by Gasteiger charge is 2.32. The number of nitrogens with zero attached hydrogens (tertiary/aromatic N) is 3. The molecule has 3 rings (SSSR count). The summed E-state index contributed by atoms with van der Waals surface area (Å²) >= 11 is 0. The predicted octanol–water partition coefficient (Wildman–Crippen LogP) is 1.55. The van der Waals surface area contributed by atoms with Crippen molar-refractivity contribution < 1.29 is 14.3 Å². The fourth-order valence-electron chi connectivity index (χ4n) is 2.93. The van der Waals surface area contributed by atoms with Crippen LogP contribution in [0.2, 0.25) is 0 Å². The largest absolute Gasteiger partial charge is 0.391 e. The molecule has 1 N–H and O–H groups in total. The van der Waals surface area contributed by atoms with Crippen LogP contribution in [0.4, 0.5) is 4.39 Å². The van der Waals surface area contributed by atoms with Gasteiger partial charge in [-0.3, -0.25) is 4.79 Å². The van der Waals surface area contributed by atoms with E-state index in [2.05, 4.69) is 4.98 Å². The van der Waals surface area contributed by atoms with E-state index in [0.29, 0.717) is 18.8 Å². The van der Waals surface area contributed by atoms with Gasteiger partial charge in [0.25, 0.3) is 5.91 Å². The Labute approximate surface area is 128 Å². The number of benzene rings is 1. The van der Waals surface area contributed by atoms with E-state index >= 15 is 0 Å². The number of piperidine rings is 1. The van der Waals surface area contributed by atoms with Crippen LogP contribution < -0.4 is 0 Å². The molecular formula is C16H18FN3O2. The lowest BCUT2D eigenvalue weighted by Gasteiger charge is -2.36. The van der Waals surface area contributed by atoms with E-state index in [0.717, 1.165) is 5.56 Å². The van der Waals surface area contributed by atoms with Crippen molar-refractivity contribution in [1.82, 2.24) is 14.5 Å². The van der Waals surface area contributed by atoms with Crippen LogP contribution >= 0.6 is 0 Å². The maximum Gasteiger partial charge on any atom is 0.289 e. The average molecular weight is 303 g/mol.